The van der Waals surface area contributed by atoms with E-state index in [2.05, 4.69) is 5.32 Å². The van der Waals surface area contributed by atoms with Crippen LogP contribution in [0.4, 0.5) is 4.39 Å². The van der Waals surface area contributed by atoms with Crippen LogP contribution in [0.2, 0.25) is 0 Å². The summed E-state index contributed by atoms with van der Waals surface area (Å²) < 4.78 is 25.1. The van der Waals surface area contributed by atoms with Crippen molar-refractivity contribution in [2.45, 2.75) is 44.2 Å². The zero-order chi connectivity index (χ0) is 14.6. The number of carbonyl (C=O) groups is 1. The largest absolute Gasteiger partial charge is 0.350 e. The molecule has 1 aromatic rings. The first-order valence-corrected chi connectivity index (χ1v) is 7.51. The first kappa shape index (κ1) is 15.8. The van der Waals surface area contributed by atoms with Crippen LogP contribution in [-0.2, 0) is 21.3 Å². The molecule has 5 heteroatoms. The lowest BCUT2D eigenvalue weighted by Crippen LogP contribution is -2.46. The number of hydrogen-bond acceptors (Lipinski definition) is 2. The molecule has 0 bridgehead atoms. The summed E-state index contributed by atoms with van der Waals surface area (Å²) in [4.78, 5) is 11.9. The minimum absolute atomic E-state index is 0.177. The highest BCUT2D eigenvalue weighted by Crippen LogP contribution is 2.10. The summed E-state index contributed by atoms with van der Waals surface area (Å²) in [5.74, 6) is -0.431. The number of rotatable bonds is 4. The van der Waals surface area contributed by atoms with Crippen molar-refractivity contribution < 1.29 is 13.4 Å². The Kier molecular flexibility index (Phi) is 5.23. The first-order valence-electron chi connectivity index (χ1n) is 6.13. The van der Waals surface area contributed by atoms with Gasteiger partial charge in [0.05, 0.1) is 0 Å². The normalized spacial score (nSPS) is 14.8. The van der Waals surface area contributed by atoms with Crippen molar-refractivity contribution in [3.05, 3.63) is 35.6 Å². The topological polar surface area (TPSA) is 46.2 Å². The molecule has 1 rings (SSSR count). The lowest BCUT2D eigenvalue weighted by Gasteiger charge is -2.23. The Morgan fingerprint density at radius 1 is 1.42 bits per heavy atom. The average Bonchev–Trinajstić information content (AvgIpc) is 2.25. The maximum absolute atomic E-state index is 13.0. The zero-order valence-corrected chi connectivity index (χ0v) is 12.5. The molecular formula is C14H20FNO2S. The van der Waals surface area contributed by atoms with E-state index in [9.17, 15) is 13.4 Å². The predicted octanol–water partition coefficient (Wildman–Crippen LogP) is 2.38. The van der Waals surface area contributed by atoms with E-state index >= 15 is 0 Å². The minimum atomic E-state index is -1.37. The molecular weight excluding hydrogens is 265 g/mol. The predicted molar refractivity (Wildman–Crippen MR) is 75.6 cm³/mol. The molecule has 19 heavy (non-hydrogen) atoms. The van der Waals surface area contributed by atoms with Gasteiger partial charge in [-0.2, -0.15) is 0 Å². The van der Waals surface area contributed by atoms with E-state index in [4.69, 9.17) is 0 Å². The molecule has 0 radical (unpaired) electrons. The lowest BCUT2D eigenvalue weighted by molar-refractivity contribution is -0.121. The standard InChI is InChI=1S/C14H20FNO2S/c1-10(13(17)16-14(2,3)4)19(18)9-11-6-5-7-12(15)8-11/h5-8,10H,9H2,1-4H3,(H,16,17). The summed E-state index contributed by atoms with van der Waals surface area (Å²) in [6.07, 6.45) is 0. The van der Waals surface area contributed by atoms with Crippen LogP contribution in [0, 0.1) is 5.82 Å². The molecule has 0 aliphatic heterocycles. The molecule has 1 amide bonds. The minimum Gasteiger partial charge on any atom is -0.350 e. The van der Waals surface area contributed by atoms with Gasteiger partial charge in [0.2, 0.25) is 5.91 Å². The number of benzene rings is 1. The molecule has 0 spiro atoms. The van der Waals surface area contributed by atoms with Crippen LogP contribution >= 0.6 is 0 Å². The van der Waals surface area contributed by atoms with Crippen LogP contribution in [0.1, 0.15) is 33.3 Å². The third-order valence-corrected chi connectivity index (χ3v) is 4.08. The first-order chi connectivity index (χ1) is 8.69. The SMILES string of the molecule is CC(C(=O)NC(C)(C)C)S(=O)Cc1cccc(F)c1. The Labute approximate surface area is 116 Å². The van der Waals surface area contributed by atoms with Gasteiger partial charge in [0.1, 0.15) is 11.1 Å². The summed E-state index contributed by atoms with van der Waals surface area (Å²) in [5.41, 5.74) is 0.280. The van der Waals surface area contributed by atoms with Crippen LogP contribution < -0.4 is 5.32 Å². The summed E-state index contributed by atoms with van der Waals surface area (Å²) in [5, 5.41) is 2.17. The summed E-state index contributed by atoms with van der Waals surface area (Å²) in [6, 6.07) is 5.95. The van der Waals surface area contributed by atoms with Crippen LogP contribution in [0.25, 0.3) is 0 Å². The molecule has 0 aliphatic rings. The van der Waals surface area contributed by atoms with Crippen molar-refractivity contribution in [3.63, 3.8) is 0 Å². The quantitative estimate of drug-likeness (QED) is 0.923. The van der Waals surface area contributed by atoms with E-state index < -0.39 is 16.0 Å². The van der Waals surface area contributed by atoms with Crippen LogP contribution in [-0.4, -0.2) is 20.9 Å². The van der Waals surface area contributed by atoms with Crippen LogP contribution in [0.3, 0.4) is 0 Å². The molecule has 2 atom stereocenters. The van der Waals surface area contributed by atoms with Crippen molar-refractivity contribution in [1.82, 2.24) is 5.32 Å². The van der Waals surface area contributed by atoms with Crippen molar-refractivity contribution in [2.75, 3.05) is 0 Å². The number of nitrogens with one attached hydrogen (secondary N) is 1. The average molecular weight is 285 g/mol. The number of hydrogen-bond donors (Lipinski definition) is 1. The van der Waals surface area contributed by atoms with Gasteiger partial charge in [0, 0.05) is 22.1 Å². The molecule has 0 saturated heterocycles. The number of halogens is 1. The van der Waals surface area contributed by atoms with Gasteiger partial charge in [0.25, 0.3) is 0 Å². The molecule has 1 aromatic carbocycles. The Balaban J connectivity index is 2.65. The molecule has 0 fully saturated rings. The van der Waals surface area contributed by atoms with E-state index in [0.29, 0.717) is 5.56 Å². The molecule has 106 valence electrons. The van der Waals surface area contributed by atoms with E-state index in [1.54, 1.807) is 19.1 Å². The molecule has 0 heterocycles. The zero-order valence-electron chi connectivity index (χ0n) is 11.7. The van der Waals surface area contributed by atoms with Gasteiger partial charge in [-0.15, -0.1) is 0 Å². The van der Waals surface area contributed by atoms with E-state index in [0.717, 1.165) is 0 Å². The van der Waals surface area contributed by atoms with E-state index in [1.807, 2.05) is 20.8 Å². The molecule has 0 saturated carbocycles. The Hall–Kier alpha value is -1.23. The molecule has 0 aliphatic carbocycles. The van der Waals surface area contributed by atoms with E-state index in [-0.39, 0.29) is 23.0 Å². The van der Waals surface area contributed by atoms with Gasteiger partial charge >= 0.3 is 0 Å². The maximum Gasteiger partial charge on any atom is 0.235 e. The Morgan fingerprint density at radius 2 is 2.05 bits per heavy atom. The monoisotopic (exact) mass is 285 g/mol. The van der Waals surface area contributed by atoms with Gasteiger partial charge in [-0.25, -0.2) is 4.39 Å². The van der Waals surface area contributed by atoms with Crippen molar-refractivity contribution in [1.29, 1.82) is 0 Å². The summed E-state index contributed by atoms with van der Waals surface area (Å²) in [6.45, 7) is 7.23. The fourth-order valence-electron chi connectivity index (χ4n) is 1.51. The Morgan fingerprint density at radius 3 is 2.58 bits per heavy atom. The highest BCUT2D eigenvalue weighted by atomic mass is 32.2. The third kappa shape index (κ3) is 5.51. The fraction of sp³-hybridized carbons (Fsp3) is 0.500. The third-order valence-electron chi connectivity index (χ3n) is 2.46. The summed E-state index contributed by atoms with van der Waals surface area (Å²) in [7, 11) is -1.37. The summed E-state index contributed by atoms with van der Waals surface area (Å²) >= 11 is 0. The van der Waals surface area contributed by atoms with Crippen molar-refractivity contribution in [3.8, 4) is 0 Å². The second kappa shape index (κ2) is 6.28. The fourth-order valence-corrected chi connectivity index (χ4v) is 2.56. The second-order valence-corrected chi connectivity index (χ2v) is 7.29. The van der Waals surface area contributed by atoms with Gasteiger partial charge in [0.15, 0.2) is 0 Å². The van der Waals surface area contributed by atoms with Gasteiger partial charge in [-0.05, 0) is 45.4 Å². The second-order valence-electron chi connectivity index (χ2n) is 5.54. The van der Waals surface area contributed by atoms with Gasteiger partial charge in [-0.3, -0.25) is 9.00 Å². The van der Waals surface area contributed by atoms with Crippen molar-refractivity contribution in [2.24, 2.45) is 0 Å². The van der Waals surface area contributed by atoms with Gasteiger partial charge in [-0.1, -0.05) is 12.1 Å². The number of carbonyl (C=O) groups excluding carboxylic acids is 1. The highest BCUT2D eigenvalue weighted by molar-refractivity contribution is 7.85. The lowest BCUT2D eigenvalue weighted by atomic mass is 10.1. The molecule has 1 N–H and O–H groups in total. The highest BCUT2D eigenvalue weighted by Gasteiger charge is 2.23. The smallest absolute Gasteiger partial charge is 0.235 e. The van der Waals surface area contributed by atoms with Crippen LogP contribution in [0.15, 0.2) is 24.3 Å². The Bertz CT molecular complexity index is 483. The maximum atomic E-state index is 13.0. The van der Waals surface area contributed by atoms with Crippen molar-refractivity contribution >= 4 is 16.7 Å². The molecule has 3 nitrogen and oxygen atoms in total. The molecule has 2 unspecified atom stereocenters. The molecule has 0 aromatic heterocycles. The van der Waals surface area contributed by atoms with Gasteiger partial charge < -0.3 is 5.32 Å². The van der Waals surface area contributed by atoms with Crippen LogP contribution in [0.5, 0.6) is 0 Å². The number of amides is 1. The van der Waals surface area contributed by atoms with E-state index in [1.165, 1.54) is 12.1 Å².